The molecule has 1 aliphatic carbocycles. The number of fused-ring (bicyclic) bond motifs is 3. The highest BCUT2D eigenvalue weighted by molar-refractivity contribution is 5.30. The van der Waals surface area contributed by atoms with Crippen LogP contribution in [0.3, 0.4) is 0 Å². The zero-order chi connectivity index (χ0) is 12.8. The number of pyridine rings is 1. The third-order valence-corrected chi connectivity index (χ3v) is 5.24. The summed E-state index contributed by atoms with van der Waals surface area (Å²) in [5, 5.41) is 0. The molecule has 0 radical (unpaired) electrons. The smallest absolute Gasteiger partial charge is 0.0624 e. The largest absolute Gasteiger partial charge is 0.375 e. The summed E-state index contributed by atoms with van der Waals surface area (Å²) >= 11 is 0. The maximum atomic E-state index is 6.00. The molecule has 4 nitrogen and oxygen atoms in total. The van der Waals surface area contributed by atoms with Gasteiger partial charge in [-0.2, -0.15) is 0 Å². The number of hydrogen-bond donors (Lipinski definition) is 2. The number of nitrogens with one attached hydrogen (secondary N) is 1. The summed E-state index contributed by atoms with van der Waals surface area (Å²) in [4.78, 5) is 4.61. The van der Waals surface area contributed by atoms with Gasteiger partial charge >= 0.3 is 0 Å². The Balaban J connectivity index is 1.60. The fourth-order valence-corrected chi connectivity index (χ4v) is 4.39. The number of hydrazine groups is 1. The Labute approximate surface area is 113 Å². The second-order valence-corrected chi connectivity index (χ2v) is 6.16. The zero-order valence-corrected chi connectivity index (χ0v) is 11.1. The van der Waals surface area contributed by atoms with E-state index >= 15 is 0 Å². The summed E-state index contributed by atoms with van der Waals surface area (Å²) in [7, 11) is 0. The van der Waals surface area contributed by atoms with E-state index in [1.807, 2.05) is 12.3 Å². The summed E-state index contributed by atoms with van der Waals surface area (Å²) < 4.78 is 6.00. The van der Waals surface area contributed by atoms with E-state index in [0.717, 1.165) is 19.3 Å². The Morgan fingerprint density at radius 2 is 2.32 bits per heavy atom. The molecular weight excluding hydrogens is 238 g/mol. The van der Waals surface area contributed by atoms with Crippen LogP contribution in [0, 0.1) is 5.92 Å². The number of aromatic nitrogens is 1. The standard InChI is InChI=1S/C15H21N3O/c16-18-15(12-8-10-4-6-13(12)19-10)11-5-3-9-2-1-7-17-14(9)11/h1-2,7,10-13,15,18H,3-6,8,16H2. The minimum atomic E-state index is 0.312. The van der Waals surface area contributed by atoms with E-state index in [9.17, 15) is 0 Å². The quantitative estimate of drug-likeness (QED) is 0.638. The van der Waals surface area contributed by atoms with Crippen molar-refractivity contribution in [3.8, 4) is 0 Å². The molecule has 0 spiro atoms. The van der Waals surface area contributed by atoms with Crippen molar-refractivity contribution >= 4 is 0 Å². The maximum Gasteiger partial charge on any atom is 0.0624 e. The fraction of sp³-hybridized carbons (Fsp3) is 0.667. The highest BCUT2D eigenvalue weighted by Gasteiger charge is 2.47. The van der Waals surface area contributed by atoms with Gasteiger partial charge in [0, 0.05) is 29.8 Å². The van der Waals surface area contributed by atoms with Crippen LogP contribution in [0.2, 0.25) is 0 Å². The number of aryl methyl sites for hydroxylation is 1. The van der Waals surface area contributed by atoms with Crippen LogP contribution in [0.1, 0.15) is 42.9 Å². The van der Waals surface area contributed by atoms with Crippen LogP contribution >= 0.6 is 0 Å². The Bertz CT molecular complexity index is 478. The van der Waals surface area contributed by atoms with E-state index in [0.29, 0.717) is 30.1 Å². The molecule has 5 atom stereocenters. The third-order valence-electron chi connectivity index (χ3n) is 5.24. The predicted molar refractivity (Wildman–Crippen MR) is 72.4 cm³/mol. The van der Waals surface area contributed by atoms with Gasteiger partial charge in [-0.15, -0.1) is 0 Å². The minimum Gasteiger partial charge on any atom is -0.375 e. The average Bonchev–Trinajstić information content (AvgIpc) is 3.15. The first-order valence-corrected chi connectivity index (χ1v) is 7.42. The lowest BCUT2D eigenvalue weighted by Crippen LogP contribution is -2.47. The molecule has 0 amide bonds. The third kappa shape index (κ3) is 1.82. The van der Waals surface area contributed by atoms with E-state index in [4.69, 9.17) is 10.6 Å². The van der Waals surface area contributed by atoms with Crippen LogP contribution in [-0.4, -0.2) is 23.2 Å². The molecule has 0 aromatic carbocycles. The van der Waals surface area contributed by atoms with E-state index in [2.05, 4.69) is 16.5 Å². The van der Waals surface area contributed by atoms with Crippen LogP contribution in [0.5, 0.6) is 0 Å². The van der Waals surface area contributed by atoms with Crippen molar-refractivity contribution in [2.45, 2.75) is 56.3 Å². The van der Waals surface area contributed by atoms with Crippen LogP contribution in [-0.2, 0) is 11.2 Å². The van der Waals surface area contributed by atoms with Gasteiger partial charge in [0.15, 0.2) is 0 Å². The van der Waals surface area contributed by atoms with Gasteiger partial charge in [-0.1, -0.05) is 6.07 Å². The lowest BCUT2D eigenvalue weighted by Gasteiger charge is -2.32. The van der Waals surface area contributed by atoms with Gasteiger partial charge in [0.25, 0.3) is 0 Å². The lowest BCUT2D eigenvalue weighted by atomic mass is 9.78. The molecule has 2 fully saturated rings. The van der Waals surface area contributed by atoms with Crippen molar-refractivity contribution in [1.29, 1.82) is 0 Å². The van der Waals surface area contributed by atoms with Crippen LogP contribution in [0.4, 0.5) is 0 Å². The molecule has 3 aliphatic rings. The summed E-state index contributed by atoms with van der Waals surface area (Å²) in [6.07, 6.45) is 8.70. The molecule has 1 aromatic rings. The topological polar surface area (TPSA) is 60.2 Å². The van der Waals surface area contributed by atoms with Crippen LogP contribution < -0.4 is 11.3 Å². The lowest BCUT2D eigenvalue weighted by molar-refractivity contribution is 0.0830. The van der Waals surface area contributed by atoms with Gasteiger partial charge < -0.3 is 4.74 Å². The Hall–Kier alpha value is -0.970. The SMILES string of the molecule is NNC(C1CCc2cccnc21)C1CC2CCC1O2. The highest BCUT2D eigenvalue weighted by atomic mass is 16.5. The maximum absolute atomic E-state index is 6.00. The Kier molecular flexibility index (Phi) is 2.83. The predicted octanol–water partition coefficient (Wildman–Crippen LogP) is 1.51. The van der Waals surface area contributed by atoms with Crippen molar-refractivity contribution in [2.75, 3.05) is 0 Å². The molecular formula is C15H21N3O. The van der Waals surface area contributed by atoms with Crippen molar-refractivity contribution in [3.63, 3.8) is 0 Å². The number of hydrogen-bond acceptors (Lipinski definition) is 4. The molecule has 0 saturated carbocycles. The Morgan fingerprint density at radius 1 is 1.37 bits per heavy atom. The van der Waals surface area contributed by atoms with Crippen LogP contribution in [0.15, 0.2) is 18.3 Å². The van der Waals surface area contributed by atoms with Crippen LogP contribution in [0.25, 0.3) is 0 Å². The van der Waals surface area contributed by atoms with Gasteiger partial charge in [0.1, 0.15) is 0 Å². The molecule has 4 rings (SSSR count). The van der Waals surface area contributed by atoms with E-state index in [1.54, 1.807) is 0 Å². The monoisotopic (exact) mass is 259 g/mol. The summed E-state index contributed by atoms with van der Waals surface area (Å²) in [6.45, 7) is 0. The minimum absolute atomic E-state index is 0.312. The van der Waals surface area contributed by atoms with Crippen molar-refractivity contribution in [1.82, 2.24) is 10.4 Å². The molecule has 1 aromatic heterocycles. The van der Waals surface area contributed by atoms with Crippen molar-refractivity contribution in [3.05, 3.63) is 29.6 Å². The molecule has 19 heavy (non-hydrogen) atoms. The molecule has 2 saturated heterocycles. The first kappa shape index (κ1) is 11.8. The van der Waals surface area contributed by atoms with Crippen molar-refractivity contribution in [2.24, 2.45) is 11.8 Å². The van der Waals surface area contributed by atoms with Crippen molar-refractivity contribution < 1.29 is 4.74 Å². The number of nitrogens with two attached hydrogens (primary N) is 1. The molecule has 2 bridgehead atoms. The summed E-state index contributed by atoms with van der Waals surface area (Å²) in [5.74, 6) is 6.90. The molecule has 102 valence electrons. The molecule has 3 N–H and O–H groups in total. The van der Waals surface area contributed by atoms with Gasteiger partial charge in [-0.05, 0) is 43.7 Å². The van der Waals surface area contributed by atoms with E-state index in [1.165, 1.54) is 24.1 Å². The highest BCUT2D eigenvalue weighted by Crippen LogP contribution is 2.45. The Morgan fingerprint density at radius 3 is 3.05 bits per heavy atom. The molecule has 5 unspecified atom stereocenters. The number of ether oxygens (including phenoxy) is 1. The van der Waals surface area contributed by atoms with Gasteiger partial charge in [0.05, 0.1) is 12.2 Å². The first-order valence-electron chi connectivity index (χ1n) is 7.42. The van der Waals surface area contributed by atoms with Gasteiger partial charge in [-0.25, -0.2) is 0 Å². The normalized spacial score (nSPS) is 37.5. The van der Waals surface area contributed by atoms with Gasteiger partial charge in [0.2, 0.25) is 0 Å². The molecule has 4 heteroatoms. The number of rotatable bonds is 3. The number of nitrogens with zero attached hydrogens (tertiary/aromatic N) is 1. The van der Waals surface area contributed by atoms with Gasteiger partial charge in [-0.3, -0.25) is 16.3 Å². The fourth-order valence-electron chi connectivity index (χ4n) is 4.39. The average molecular weight is 259 g/mol. The zero-order valence-electron chi connectivity index (χ0n) is 11.1. The molecule has 3 heterocycles. The summed E-state index contributed by atoms with van der Waals surface area (Å²) in [6, 6.07) is 4.55. The second-order valence-electron chi connectivity index (χ2n) is 6.16. The summed E-state index contributed by atoms with van der Waals surface area (Å²) in [5.41, 5.74) is 5.75. The van der Waals surface area contributed by atoms with E-state index < -0.39 is 0 Å². The van der Waals surface area contributed by atoms with E-state index in [-0.39, 0.29) is 0 Å². The first-order chi connectivity index (χ1) is 9.36. The second kappa shape index (κ2) is 4.54. The molecule has 2 aliphatic heterocycles.